The Labute approximate surface area is 243 Å². The van der Waals surface area contributed by atoms with Crippen molar-refractivity contribution in [3.8, 4) is 0 Å². The van der Waals surface area contributed by atoms with E-state index in [4.69, 9.17) is 4.74 Å². The number of aromatic amines is 1. The number of imidazole rings is 1. The van der Waals surface area contributed by atoms with E-state index in [0.29, 0.717) is 18.7 Å². The van der Waals surface area contributed by atoms with E-state index in [-0.39, 0.29) is 36.7 Å². The van der Waals surface area contributed by atoms with E-state index in [9.17, 15) is 14.7 Å². The summed E-state index contributed by atoms with van der Waals surface area (Å²) in [5, 5.41) is 17.5. The van der Waals surface area contributed by atoms with Crippen molar-refractivity contribution in [1.82, 2.24) is 20.6 Å². The van der Waals surface area contributed by atoms with Crippen molar-refractivity contribution in [1.29, 1.82) is 0 Å². The Bertz CT molecular complexity index is 1150. The number of aliphatic hydroxyl groups excluding tert-OH is 1. The second-order valence-corrected chi connectivity index (χ2v) is 11.3. The first kappa shape index (κ1) is 32.8. The number of hydrogen-bond acceptors (Lipinski definition) is 5. The number of hydrogen-bond donors (Lipinski definition) is 4. The fraction of sp³-hybridized carbons (Fsp3) is 0.452. The summed E-state index contributed by atoms with van der Waals surface area (Å²) in [4.78, 5) is 33.9. The lowest BCUT2D eigenvalue weighted by Gasteiger charge is -2.30. The van der Waals surface area contributed by atoms with Gasteiger partial charge >= 0.3 is 6.09 Å². The van der Waals surface area contributed by atoms with Crippen LogP contribution in [-0.2, 0) is 22.4 Å². The van der Waals surface area contributed by atoms with E-state index >= 15 is 0 Å². The van der Waals surface area contributed by atoms with E-state index in [1.165, 1.54) is 0 Å². The Morgan fingerprint density at radius 1 is 0.950 bits per heavy atom. The second-order valence-electron chi connectivity index (χ2n) is 11.3. The summed E-state index contributed by atoms with van der Waals surface area (Å²) in [7, 11) is 0. The maximum absolute atomic E-state index is 13.7. The number of halogens is 1. The summed E-state index contributed by atoms with van der Waals surface area (Å²) in [6.45, 7) is 9.42. The van der Waals surface area contributed by atoms with Crippen LogP contribution in [-0.4, -0.2) is 44.8 Å². The topological polar surface area (TPSA) is 116 Å². The van der Waals surface area contributed by atoms with Crippen molar-refractivity contribution in [3.63, 3.8) is 0 Å². The molecule has 4 atom stereocenters. The molecule has 3 aromatic rings. The molecular weight excluding hydrogens is 528 g/mol. The van der Waals surface area contributed by atoms with Gasteiger partial charge in [-0.3, -0.25) is 4.79 Å². The third kappa shape index (κ3) is 10.7. The van der Waals surface area contributed by atoms with Crippen LogP contribution in [0.15, 0.2) is 73.1 Å². The SMILES string of the molecule is CC(C)[C@H](NC(=O)[C@H](Cc1ccccc1)C[C@H](O)[C@H](Cc1ccccc1)NC(=O)OC(C)(C)C)c1ncc[nH]1.Cl. The number of ether oxygens (including phenoxy) is 1. The van der Waals surface area contributed by atoms with Crippen LogP contribution >= 0.6 is 12.4 Å². The Balaban J connectivity index is 0.00000560. The predicted molar refractivity (Wildman–Crippen MR) is 159 cm³/mol. The molecule has 8 nitrogen and oxygen atoms in total. The summed E-state index contributed by atoms with van der Waals surface area (Å²) >= 11 is 0. The summed E-state index contributed by atoms with van der Waals surface area (Å²) < 4.78 is 5.47. The fourth-order valence-corrected chi connectivity index (χ4v) is 4.52. The lowest BCUT2D eigenvalue weighted by molar-refractivity contribution is -0.127. The summed E-state index contributed by atoms with van der Waals surface area (Å²) in [6, 6.07) is 18.4. The third-order valence-corrected chi connectivity index (χ3v) is 6.47. The Hall–Kier alpha value is -3.36. The molecule has 0 fully saturated rings. The van der Waals surface area contributed by atoms with E-state index in [1.54, 1.807) is 33.2 Å². The molecule has 0 aliphatic heterocycles. The van der Waals surface area contributed by atoms with Crippen LogP contribution in [0.1, 0.15) is 64.0 Å². The number of carbonyl (C=O) groups excluding carboxylic acids is 2. The van der Waals surface area contributed by atoms with Crippen LogP contribution < -0.4 is 10.6 Å². The van der Waals surface area contributed by atoms with E-state index < -0.39 is 29.8 Å². The fourth-order valence-electron chi connectivity index (χ4n) is 4.52. The van der Waals surface area contributed by atoms with Gasteiger partial charge in [-0.05, 0) is 57.1 Å². The van der Waals surface area contributed by atoms with Crippen LogP contribution in [0.5, 0.6) is 0 Å². The minimum absolute atomic E-state index is 0. The van der Waals surface area contributed by atoms with Gasteiger partial charge in [-0.1, -0.05) is 74.5 Å². The van der Waals surface area contributed by atoms with Gasteiger partial charge in [0.1, 0.15) is 11.4 Å². The minimum atomic E-state index is -1.00. The molecule has 0 unspecified atom stereocenters. The van der Waals surface area contributed by atoms with Gasteiger partial charge in [0.2, 0.25) is 5.91 Å². The quantitative estimate of drug-likeness (QED) is 0.233. The van der Waals surface area contributed by atoms with E-state index in [2.05, 4.69) is 20.6 Å². The lowest BCUT2D eigenvalue weighted by Crippen LogP contribution is -2.48. The van der Waals surface area contributed by atoms with Gasteiger partial charge in [0.15, 0.2) is 0 Å². The zero-order valence-electron chi connectivity index (χ0n) is 24.0. The lowest BCUT2D eigenvalue weighted by atomic mass is 9.88. The number of rotatable bonds is 12. The molecule has 9 heteroatoms. The van der Waals surface area contributed by atoms with Gasteiger partial charge in [0, 0.05) is 18.3 Å². The first-order chi connectivity index (χ1) is 18.5. The minimum Gasteiger partial charge on any atom is -0.444 e. The highest BCUT2D eigenvalue weighted by atomic mass is 35.5. The third-order valence-electron chi connectivity index (χ3n) is 6.47. The van der Waals surface area contributed by atoms with Gasteiger partial charge in [-0.2, -0.15) is 0 Å². The average Bonchev–Trinajstić information content (AvgIpc) is 3.41. The van der Waals surface area contributed by atoms with Gasteiger partial charge in [-0.25, -0.2) is 9.78 Å². The van der Waals surface area contributed by atoms with Crippen LogP contribution in [0.4, 0.5) is 4.79 Å². The molecular formula is C31H43ClN4O4. The van der Waals surface area contributed by atoms with Crippen molar-refractivity contribution in [2.24, 2.45) is 11.8 Å². The molecule has 4 N–H and O–H groups in total. The molecule has 1 aromatic heterocycles. The average molecular weight is 571 g/mol. The monoisotopic (exact) mass is 570 g/mol. The smallest absolute Gasteiger partial charge is 0.407 e. The number of amides is 2. The highest BCUT2D eigenvalue weighted by Gasteiger charge is 2.32. The van der Waals surface area contributed by atoms with Crippen molar-refractivity contribution >= 4 is 24.4 Å². The van der Waals surface area contributed by atoms with Crippen molar-refractivity contribution in [2.75, 3.05) is 0 Å². The largest absolute Gasteiger partial charge is 0.444 e. The molecule has 1 heterocycles. The molecule has 0 saturated carbocycles. The number of nitrogens with zero attached hydrogens (tertiary/aromatic N) is 1. The van der Waals surface area contributed by atoms with E-state index in [0.717, 1.165) is 11.1 Å². The molecule has 0 aliphatic carbocycles. The number of nitrogens with one attached hydrogen (secondary N) is 3. The second kappa shape index (κ2) is 15.4. The Morgan fingerprint density at radius 2 is 1.52 bits per heavy atom. The maximum Gasteiger partial charge on any atom is 0.407 e. The van der Waals surface area contributed by atoms with Crippen LogP contribution in [0.2, 0.25) is 0 Å². The van der Waals surface area contributed by atoms with Crippen LogP contribution in [0.25, 0.3) is 0 Å². The van der Waals surface area contributed by atoms with Crippen molar-refractivity contribution in [3.05, 3.63) is 90.0 Å². The Morgan fingerprint density at radius 3 is 2.02 bits per heavy atom. The predicted octanol–water partition coefficient (Wildman–Crippen LogP) is 5.39. The molecule has 0 aliphatic rings. The summed E-state index contributed by atoms with van der Waals surface area (Å²) in [6.07, 6.45) is 2.77. The van der Waals surface area contributed by atoms with Gasteiger partial charge in [0.25, 0.3) is 0 Å². The first-order valence-electron chi connectivity index (χ1n) is 13.6. The first-order valence-corrected chi connectivity index (χ1v) is 13.6. The molecule has 0 spiro atoms. The summed E-state index contributed by atoms with van der Waals surface area (Å²) in [5.74, 6) is 0.0639. The van der Waals surface area contributed by atoms with Gasteiger partial charge in [-0.15, -0.1) is 12.4 Å². The number of alkyl carbamates (subject to hydrolysis) is 1. The molecule has 2 aromatic carbocycles. The molecule has 3 rings (SSSR count). The number of H-pyrrole nitrogens is 1. The zero-order chi connectivity index (χ0) is 28.4. The van der Waals surface area contributed by atoms with Gasteiger partial charge in [0.05, 0.1) is 18.2 Å². The van der Waals surface area contributed by atoms with Gasteiger partial charge < -0.3 is 25.5 Å². The number of carbonyl (C=O) groups is 2. The van der Waals surface area contributed by atoms with Crippen molar-refractivity contribution in [2.45, 2.75) is 77.7 Å². The van der Waals surface area contributed by atoms with Crippen LogP contribution in [0.3, 0.4) is 0 Å². The number of benzene rings is 2. The number of aliphatic hydroxyl groups is 1. The Kier molecular flexibility index (Phi) is 12.7. The summed E-state index contributed by atoms with van der Waals surface area (Å²) in [5.41, 5.74) is 1.27. The zero-order valence-corrected chi connectivity index (χ0v) is 24.8. The highest BCUT2D eigenvalue weighted by molar-refractivity contribution is 5.85. The highest BCUT2D eigenvalue weighted by Crippen LogP contribution is 2.23. The molecule has 218 valence electrons. The standard InChI is InChI=1S/C31H42N4O4.ClH/c1-21(2)27(28-32-16-17-33-28)35-29(37)24(18-22-12-8-6-9-13-22)20-26(36)25(19-23-14-10-7-11-15-23)34-30(38)39-31(3,4)5;/h6-17,21,24-27,36H,18-20H2,1-5H3,(H,32,33)(H,34,38)(H,35,37);1H/t24-,25+,26+,27+;/m1./s1. The molecule has 2 amide bonds. The molecule has 0 radical (unpaired) electrons. The molecule has 0 saturated heterocycles. The normalized spacial score (nSPS) is 14.4. The van der Waals surface area contributed by atoms with E-state index in [1.807, 2.05) is 74.5 Å². The van der Waals surface area contributed by atoms with Crippen molar-refractivity contribution < 1.29 is 19.4 Å². The maximum atomic E-state index is 13.7. The molecule has 40 heavy (non-hydrogen) atoms. The van der Waals surface area contributed by atoms with Crippen LogP contribution in [0, 0.1) is 11.8 Å². The molecule has 0 bridgehead atoms. The number of aromatic nitrogens is 2.